The molecule has 0 aliphatic carbocycles. The molecule has 0 atom stereocenters. The van der Waals surface area contributed by atoms with Crippen molar-refractivity contribution in [1.29, 1.82) is 0 Å². The number of hydrogen-bond donors (Lipinski definition) is 0. The summed E-state index contributed by atoms with van der Waals surface area (Å²) in [6, 6.07) is 7.86. The minimum atomic E-state index is 0.622. The lowest BCUT2D eigenvalue weighted by Gasteiger charge is -1.97. The van der Waals surface area contributed by atoms with Gasteiger partial charge in [0, 0.05) is 5.38 Å². The summed E-state index contributed by atoms with van der Waals surface area (Å²) in [7, 11) is 0. The average molecular weight is 217 g/mol. The van der Waals surface area contributed by atoms with Gasteiger partial charge >= 0.3 is 0 Å². The lowest BCUT2D eigenvalue weighted by Crippen LogP contribution is -2.01. The van der Waals surface area contributed by atoms with Gasteiger partial charge in [-0.05, 0) is 23.7 Å². The molecule has 0 aliphatic rings. The molecular formula is C9H7N5S. The van der Waals surface area contributed by atoms with Crippen LogP contribution in [-0.2, 0) is 6.54 Å². The molecule has 0 radical (unpaired) electrons. The normalized spacial score (nSPS) is 10.9. The van der Waals surface area contributed by atoms with E-state index in [2.05, 4.69) is 19.9 Å². The van der Waals surface area contributed by atoms with Crippen molar-refractivity contribution >= 4 is 22.6 Å². The monoisotopic (exact) mass is 217 g/mol. The molecule has 6 heteroatoms. The molecule has 0 aliphatic heterocycles. The van der Waals surface area contributed by atoms with Crippen molar-refractivity contribution in [2.45, 2.75) is 6.54 Å². The number of hydrogen-bond acceptors (Lipinski definition) is 5. The Labute approximate surface area is 89.5 Å². The summed E-state index contributed by atoms with van der Waals surface area (Å²) in [5, 5.41) is 14.0. The van der Waals surface area contributed by atoms with Crippen molar-refractivity contribution < 1.29 is 0 Å². The lowest BCUT2D eigenvalue weighted by molar-refractivity contribution is 0.656. The van der Waals surface area contributed by atoms with E-state index >= 15 is 0 Å². The first-order valence-corrected chi connectivity index (χ1v) is 5.31. The van der Waals surface area contributed by atoms with Crippen molar-refractivity contribution in [2.24, 2.45) is 0 Å². The molecule has 0 unspecified atom stereocenters. The summed E-state index contributed by atoms with van der Waals surface area (Å²) in [6.07, 6.45) is 0. The van der Waals surface area contributed by atoms with Gasteiger partial charge in [-0.25, -0.2) is 4.68 Å². The highest BCUT2D eigenvalue weighted by atomic mass is 32.1. The van der Waals surface area contributed by atoms with Gasteiger partial charge in [-0.1, -0.05) is 21.8 Å². The fourth-order valence-corrected chi connectivity index (χ4v) is 1.88. The molecule has 74 valence electrons. The molecule has 3 rings (SSSR count). The number of benzene rings is 1. The molecule has 0 saturated heterocycles. The van der Waals surface area contributed by atoms with Crippen molar-refractivity contribution in [3.8, 4) is 0 Å². The van der Waals surface area contributed by atoms with E-state index in [0.29, 0.717) is 6.54 Å². The van der Waals surface area contributed by atoms with Crippen molar-refractivity contribution in [2.75, 3.05) is 0 Å². The van der Waals surface area contributed by atoms with Gasteiger partial charge in [0.15, 0.2) is 0 Å². The minimum Gasteiger partial charge on any atom is -0.239 e. The second kappa shape index (κ2) is 3.39. The topological polar surface area (TPSA) is 56.5 Å². The first kappa shape index (κ1) is 8.49. The van der Waals surface area contributed by atoms with E-state index in [-0.39, 0.29) is 0 Å². The number of para-hydroxylation sites is 1. The third kappa shape index (κ3) is 1.48. The number of fused-ring (bicyclic) bond motifs is 1. The van der Waals surface area contributed by atoms with Crippen LogP contribution in [0, 0.1) is 0 Å². The predicted octanol–water partition coefficient (Wildman–Crippen LogP) is 1.33. The minimum absolute atomic E-state index is 0.622. The first-order chi connectivity index (χ1) is 7.43. The van der Waals surface area contributed by atoms with Crippen LogP contribution in [0.2, 0.25) is 0 Å². The van der Waals surface area contributed by atoms with Gasteiger partial charge in [-0.15, -0.1) is 10.2 Å². The zero-order chi connectivity index (χ0) is 10.1. The molecule has 1 aromatic carbocycles. The molecule has 15 heavy (non-hydrogen) atoms. The van der Waals surface area contributed by atoms with E-state index in [1.165, 1.54) is 11.5 Å². The van der Waals surface area contributed by atoms with Gasteiger partial charge in [0.05, 0.1) is 17.8 Å². The molecule has 0 fully saturated rings. The van der Waals surface area contributed by atoms with Gasteiger partial charge in [0.1, 0.15) is 5.52 Å². The summed E-state index contributed by atoms with van der Waals surface area (Å²) in [5.41, 5.74) is 2.84. The summed E-state index contributed by atoms with van der Waals surface area (Å²) in [4.78, 5) is 0. The highest BCUT2D eigenvalue weighted by Gasteiger charge is 2.04. The molecule has 0 spiro atoms. The van der Waals surface area contributed by atoms with Crippen LogP contribution in [0.1, 0.15) is 5.69 Å². The molecule has 2 aromatic heterocycles. The zero-order valence-electron chi connectivity index (χ0n) is 7.74. The lowest BCUT2D eigenvalue weighted by atomic mass is 10.3. The van der Waals surface area contributed by atoms with Gasteiger partial charge in [0.25, 0.3) is 0 Å². The van der Waals surface area contributed by atoms with Gasteiger partial charge < -0.3 is 0 Å². The molecule has 0 N–H and O–H groups in total. The van der Waals surface area contributed by atoms with E-state index < -0.39 is 0 Å². The zero-order valence-corrected chi connectivity index (χ0v) is 8.55. The Morgan fingerprint density at radius 1 is 1.20 bits per heavy atom. The Kier molecular flexibility index (Phi) is 1.92. The summed E-state index contributed by atoms with van der Waals surface area (Å²) >= 11 is 1.34. The Morgan fingerprint density at radius 2 is 2.13 bits per heavy atom. The SMILES string of the molecule is c1ccc2c(c1)nnn2Cc1csnn1. The van der Waals surface area contributed by atoms with Crippen LogP contribution in [0.25, 0.3) is 11.0 Å². The molecule has 0 amide bonds. The third-order valence-corrected chi connectivity index (χ3v) is 2.69. The van der Waals surface area contributed by atoms with Crippen LogP contribution < -0.4 is 0 Å². The van der Waals surface area contributed by atoms with Gasteiger partial charge in [-0.3, -0.25) is 0 Å². The fraction of sp³-hybridized carbons (Fsp3) is 0.111. The van der Waals surface area contributed by atoms with E-state index in [1.807, 2.05) is 34.3 Å². The fourth-order valence-electron chi connectivity index (χ4n) is 1.44. The Balaban J connectivity index is 2.05. The van der Waals surface area contributed by atoms with Crippen LogP contribution in [0.15, 0.2) is 29.6 Å². The second-order valence-corrected chi connectivity index (χ2v) is 3.74. The Bertz CT molecular complexity index is 571. The van der Waals surface area contributed by atoms with Gasteiger partial charge in [-0.2, -0.15) is 0 Å². The van der Waals surface area contributed by atoms with E-state index in [9.17, 15) is 0 Å². The number of nitrogens with zero attached hydrogens (tertiary/aromatic N) is 5. The smallest absolute Gasteiger partial charge is 0.113 e. The largest absolute Gasteiger partial charge is 0.239 e. The highest BCUT2D eigenvalue weighted by Crippen LogP contribution is 2.11. The summed E-state index contributed by atoms with van der Waals surface area (Å²) in [6.45, 7) is 0.622. The van der Waals surface area contributed by atoms with Crippen LogP contribution in [0.4, 0.5) is 0 Å². The van der Waals surface area contributed by atoms with Gasteiger partial charge in [0.2, 0.25) is 0 Å². The highest BCUT2D eigenvalue weighted by molar-refractivity contribution is 7.03. The van der Waals surface area contributed by atoms with Crippen LogP contribution >= 0.6 is 11.5 Å². The quantitative estimate of drug-likeness (QED) is 0.649. The Hall–Kier alpha value is -1.82. The molecule has 3 aromatic rings. The van der Waals surface area contributed by atoms with Crippen molar-refractivity contribution in [3.63, 3.8) is 0 Å². The maximum atomic E-state index is 4.07. The average Bonchev–Trinajstić information content (AvgIpc) is 2.89. The maximum absolute atomic E-state index is 4.07. The van der Waals surface area contributed by atoms with Crippen LogP contribution in [0.3, 0.4) is 0 Å². The molecular weight excluding hydrogens is 210 g/mol. The van der Waals surface area contributed by atoms with Crippen molar-refractivity contribution in [3.05, 3.63) is 35.3 Å². The van der Waals surface area contributed by atoms with E-state index in [0.717, 1.165) is 16.7 Å². The number of aromatic nitrogens is 5. The molecule has 5 nitrogen and oxygen atoms in total. The van der Waals surface area contributed by atoms with Crippen LogP contribution in [0.5, 0.6) is 0 Å². The summed E-state index contributed by atoms with van der Waals surface area (Å²) in [5.74, 6) is 0. The van der Waals surface area contributed by atoms with Crippen LogP contribution in [-0.4, -0.2) is 24.6 Å². The Morgan fingerprint density at radius 3 is 3.00 bits per heavy atom. The summed E-state index contributed by atoms with van der Waals surface area (Å²) < 4.78 is 5.64. The molecule has 2 heterocycles. The third-order valence-electron chi connectivity index (χ3n) is 2.14. The standard InChI is InChI=1S/C9H7N5S/c1-2-4-9-8(3-1)11-12-14(9)5-7-6-15-13-10-7/h1-4,6H,5H2. The predicted molar refractivity (Wildman–Crippen MR) is 56.5 cm³/mol. The van der Waals surface area contributed by atoms with E-state index in [4.69, 9.17) is 0 Å². The number of rotatable bonds is 2. The molecule has 0 bridgehead atoms. The first-order valence-electron chi connectivity index (χ1n) is 4.47. The second-order valence-electron chi connectivity index (χ2n) is 3.13. The van der Waals surface area contributed by atoms with E-state index in [1.54, 1.807) is 0 Å². The molecule has 0 saturated carbocycles. The maximum Gasteiger partial charge on any atom is 0.113 e. The van der Waals surface area contributed by atoms with Crippen molar-refractivity contribution in [1.82, 2.24) is 24.6 Å².